The van der Waals surface area contributed by atoms with E-state index in [4.69, 9.17) is 25.5 Å². The van der Waals surface area contributed by atoms with E-state index in [2.05, 4.69) is 31.2 Å². The van der Waals surface area contributed by atoms with Crippen molar-refractivity contribution in [3.8, 4) is 11.6 Å². The molecule has 4 amide bonds. The van der Waals surface area contributed by atoms with E-state index in [-0.39, 0.29) is 42.7 Å². The second-order valence-electron chi connectivity index (χ2n) is 16.6. The summed E-state index contributed by atoms with van der Waals surface area (Å²) in [6.45, 7) is 7.48. The molecule has 0 bridgehead atoms. The van der Waals surface area contributed by atoms with Crippen molar-refractivity contribution in [2.75, 3.05) is 19.0 Å². The first-order valence-electron chi connectivity index (χ1n) is 20.1. The van der Waals surface area contributed by atoms with E-state index in [0.717, 1.165) is 44.9 Å². The molecule has 0 radical (unpaired) electrons. The molecule has 1 aromatic carbocycles. The molecule has 2 saturated carbocycles. The highest BCUT2D eigenvalue weighted by atomic mass is 35.5. The van der Waals surface area contributed by atoms with Crippen LogP contribution in [0.15, 0.2) is 40.9 Å². The molecule has 1 aliphatic heterocycles. The summed E-state index contributed by atoms with van der Waals surface area (Å²) in [5.74, 6) is -1.09. The zero-order chi connectivity index (χ0) is 40.9. The lowest BCUT2D eigenvalue weighted by molar-refractivity contribution is -0.145. The van der Waals surface area contributed by atoms with Gasteiger partial charge in [-0.2, -0.15) is 4.98 Å². The molecule has 2 aliphatic carbocycles. The predicted octanol–water partition coefficient (Wildman–Crippen LogP) is 4.75. The average Bonchev–Trinajstić information content (AvgIpc) is 3.75. The highest BCUT2D eigenvalue weighted by Gasteiger charge is 2.47. The van der Waals surface area contributed by atoms with Crippen molar-refractivity contribution in [1.82, 2.24) is 30.8 Å². The first-order chi connectivity index (χ1) is 27.2. The smallest absolute Gasteiger partial charge is 0.296 e. The number of oxazole rings is 1. The molecule has 3 heterocycles. The third-order valence-corrected chi connectivity index (χ3v) is 11.2. The van der Waals surface area contributed by atoms with Gasteiger partial charge in [-0.25, -0.2) is 4.98 Å². The third-order valence-electron chi connectivity index (χ3n) is 11.0. The van der Waals surface area contributed by atoms with E-state index in [1.54, 1.807) is 37.4 Å². The number of aliphatic hydroxyl groups excluding tert-OH is 1. The zero-order valence-electron chi connectivity index (χ0n) is 33.4. The second kappa shape index (κ2) is 18.3. The summed E-state index contributed by atoms with van der Waals surface area (Å²) in [6.07, 6.45) is 6.68. The predicted molar refractivity (Wildman–Crippen MR) is 214 cm³/mol. The van der Waals surface area contributed by atoms with Gasteiger partial charge in [0.2, 0.25) is 23.6 Å². The SMILES string of the molecule is CCC[C@H](NC(=O)[C@@H]1C[C@@H](Oc2ccc(Cl)cn2)CN1C(=O)[C@@H](NC(=O)[C@@H](Nc1nc2cc(OC)ccc2o1)C1CCCCC1)C(C)(C)C)C(O)C(=O)NC1CC1. The largest absolute Gasteiger partial charge is 0.497 e. The summed E-state index contributed by atoms with van der Waals surface area (Å²) < 4.78 is 17.5. The van der Waals surface area contributed by atoms with Crippen molar-refractivity contribution in [1.29, 1.82) is 0 Å². The van der Waals surface area contributed by atoms with Crippen molar-refractivity contribution in [2.45, 2.75) is 134 Å². The summed E-state index contributed by atoms with van der Waals surface area (Å²) in [7, 11) is 1.57. The molecule has 57 heavy (non-hydrogen) atoms. The fraction of sp³-hybridized carbons (Fsp3) is 0.610. The van der Waals surface area contributed by atoms with Gasteiger partial charge >= 0.3 is 0 Å². The van der Waals surface area contributed by atoms with Crippen molar-refractivity contribution in [3.05, 3.63) is 41.6 Å². The van der Waals surface area contributed by atoms with Gasteiger partial charge in [0, 0.05) is 30.8 Å². The van der Waals surface area contributed by atoms with Gasteiger partial charge < -0.3 is 45.2 Å². The number of aliphatic hydroxyl groups is 1. The minimum absolute atomic E-state index is 0.0174. The Morgan fingerprint density at radius 2 is 1.79 bits per heavy atom. The number of nitrogens with zero attached hydrogens (tertiary/aromatic N) is 3. The number of methoxy groups -OCH3 is 1. The maximum absolute atomic E-state index is 14.9. The molecule has 6 atom stereocenters. The van der Waals surface area contributed by atoms with Gasteiger partial charge in [0.1, 0.15) is 35.5 Å². The number of amides is 4. The minimum atomic E-state index is -1.47. The standard InChI is InChI=1S/C41H56ClN7O8/c1-6-10-28(34(50)38(53)44-25-14-15-25)45-36(51)30-20-27(56-32-18-13-24(42)21-43-32)22-49(30)39(54)35(41(2,3)4)48-37(52)33(23-11-8-7-9-12-23)47-40-46-29-19-26(55-5)16-17-31(29)57-40/h13,16-19,21,23,25,27-28,30,33-35,50H,6-12,14-15,20,22H2,1-5H3,(H,44,53)(H,45,51)(H,46,47)(H,48,52)/t27-,28+,30+,33+,34?,35-/m1/s1. The first kappa shape index (κ1) is 42.0. The molecule has 1 saturated heterocycles. The Kier molecular flexibility index (Phi) is 13.5. The van der Waals surface area contributed by atoms with Gasteiger partial charge in [-0.1, -0.05) is 65.0 Å². The molecule has 0 spiro atoms. The number of carbonyl (C=O) groups is 4. The monoisotopic (exact) mass is 809 g/mol. The number of fused-ring (bicyclic) bond motifs is 1. The average molecular weight is 810 g/mol. The van der Waals surface area contributed by atoms with Crippen LogP contribution in [0.4, 0.5) is 6.01 Å². The first-order valence-corrected chi connectivity index (χ1v) is 20.5. The number of rotatable bonds is 16. The van der Waals surface area contributed by atoms with Gasteiger partial charge in [0.25, 0.3) is 11.9 Å². The number of hydrogen-bond acceptors (Lipinski definition) is 11. The van der Waals surface area contributed by atoms with Crippen molar-refractivity contribution < 1.29 is 38.2 Å². The second-order valence-corrected chi connectivity index (χ2v) is 17.0. The lowest BCUT2D eigenvalue weighted by atomic mass is 9.82. The number of aromatic nitrogens is 2. The van der Waals surface area contributed by atoms with E-state index >= 15 is 0 Å². The van der Waals surface area contributed by atoms with E-state index in [0.29, 0.717) is 34.7 Å². The quantitative estimate of drug-likeness (QED) is 0.134. The summed E-state index contributed by atoms with van der Waals surface area (Å²) >= 11 is 6.05. The Hall–Kier alpha value is -4.63. The summed E-state index contributed by atoms with van der Waals surface area (Å²) in [5.41, 5.74) is 0.311. The molecule has 1 unspecified atom stereocenters. The number of ether oxygens (including phenoxy) is 2. The van der Waals surface area contributed by atoms with Crippen molar-refractivity contribution in [3.63, 3.8) is 0 Å². The normalized spacial score (nSPS) is 20.9. The van der Waals surface area contributed by atoms with E-state index in [1.807, 2.05) is 27.7 Å². The van der Waals surface area contributed by atoms with E-state index in [9.17, 15) is 24.3 Å². The van der Waals surface area contributed by atoms with Crippen LogP contribution in [0.3, 0.4) is 0 Å². The fourth-order valence-electron chi connectivity index (χ4n) is 7.71. The van der Waals surface area contributed by atoms with Crippen molar-refractivity contribution >= 4 is 52.3 Å². The number of pyridine rings is 1. The minimum Gasteiger partial charge on any atom is -0.497 e. The molecule has 3 aromatic rings. The molecule has 16 heteroatoms. The number of anilines is 1. The summed E-state index contributed by atoms with van der Waals surface area (Å²) in [4.78, 5) is 66.7. The number of likely N-dealkylation sites (tertiary alicyclic amines) is 1. The van der Waals surface area contributed by atoms with Crippen LogP contribution in [0.1, 0.15) is 91.9 Å². The topological polar surface area (TPSA) is 197 Å². The lowest BCUT2D eigenvalue weighted by Crippen LogP contribution is -2.61. The van der Waals surface area contributed by atoms with Crippen LogP contribution in [0, 0.1) is 11.3 Å². The number of nitrogens with one attached hydrogen (secondary N) is 4. The molecule has 15 nitrogen and oxygen atoms in total. The van der Waals surface area contributed by atoms with Crippen LogP contribution in [0.25, 0.3) is 11.1 Å². The number of benzene rings is 1. The summed E-state index contributed by atoms with van der Waals surface area (Å²) in [6, 6.07) is 4.99. The Balaban J connectivity index is 1.25. The molecule has 3 aliphatic rings. The van der Waals surface area contributed by atoms with Crippen LogP contribution in [-0.2, 0) is 19.2 Å². The zero-order valence-corrected chi connectivity index (χ0v) is 34.1. The highest BCUT2D eigenvalue weighted by molar-refractivity contribution is 6.30. The third kappa shape index (κ3) is 10.7. The van der Waals surface area contributed by atoms with E-state index < -0.39 is 59.5 Å². The Morgan fingerprint density at radius 3 is 2.44 bits per heavy atom. The van der Waals surface area contributed by atoms with Gasteiger partial charge in [0.15, 0.2) is 11.7 Å². The van der Waals surface area contributed by atoms with Crippen molar-refractivity contribution in [2.24, 2.45) is 11.3 Å². The highest BCUT2D eigenvalue weighted by Crippen LogP contribution is 2.32. The van der Waals surface area contributed by atoms with Crippen LogP contribution in [-0.4, -0.2) is 99.7 Å². The lowest BCUT2D eigenvalue weighted by Gasteiger charge is -2.37. The van der Waals surface area contributed by atoms with Gasteiger partial charge in [-0.3, -0.25) is 19.2 Å². The Labute approximate surface area is 338 Å². The van der Waals surface area contributed by atoms with Gasteiger partial charge in [-0.05, 0) is 61.6 Å². The molecule has 3 fully saturated rings. The van der Waals surface area contributed by atoms with Crippen LogP contribution < -0.4 is 30.7 Å². The number of hydrogen-bond donors (Lipinski definition) is 5. The van der Waals surface area contributed by atoms with Gasteiger partial charge in [0.05, 0.1) is 24.7 Å². The Morgan fingerprint density at radius 1 is 1.04 bits per heavy atom. The molecule has 6 rings (SSSR count). The fourth-order valence-corrected chi connectivity index (χ4v) is 7.83. The maximum atomic E-state index is 14.9. The van der Waals surface area contributed by atoms with Crippen LogP contribution in [0.5, 0.6) is 11.6 Å². The Bertz CT molecular complexity index is 1870. The van der Waals surface area contributed by atoms with Crippen LogP contribution in [0.2, 0.25) is 5.02 Å². The molecule has 2 aromatic heterocycles. The number of halogens is 1. The molecule has 310 valence electrons. The van der Waals surface area contributed by atoms with Gasteiger partial charge in [-0.15, -0.1) is 0 Å². The molecular formula is C41H56ClN7O8. The molecular weight excluding hydrogens is 754 g/mol. The molecule has 5 N–H and O–H groups in total. The number of carbonyl (C=O) groups excluding carboxylic acids is 4. The summed E-state index contributed by atoms with van der Waals surface area (Å²) in [5, 5.41) is 23.5. The van der Waals surface area contributed by atoms with Crippen LogP contribution >= 0.6 is 11.6 Å². The maximum Gasteiger partial charge on any atom is 0.296 e. The van der Waals surface area contributed by atoms with E-state index in [1.165, 1.54) is 11.1 Å².